The van der Waals surface area contributed by atoms with Crippen LogP contribution in [0.2, 0.25) is 0 Å². The van der Waals surface area contributed by atoms with Gasteiger partial charge >= 0.3 is 5.97 Å². The molecule has 0 saturated heterocycles. The lowest BCUT2D eigenvalue weighted by Gasteiger charge is -2.06. The molecular weight excluding hydrogens is 172 g/mol. The first-order valence-electron chi connectivity index (χ1n) is 4.41. The zero-order valence-electron chi connectivity index (χ0n) is 8.12. The van der Waals surface area contributed by atoms with Gasteiger partial charge in [-0.05, 0) is 26.7 Å². The number of ether oxygens (including phenoxy) is 2. The molecule has 76 valence electrons. The van der Waals surface area contributed by atoms with Crippen molar-refractivity contribution in [2.45, 2.75) is 39.2 Å². The largest absolute Gasteiger partial charge is 0.468 e. The second-order valence-corrected chi connectivity index (χ2v) is 2.96. The first-order valence-corrected chi connectivity index (χ1v) is 4.41. The summed E-state index contributed by atoms with van der Waals surface area (Å²) in [4.78, 5) is 20.7. The lowest BCUT2D eigenvalue weighted by molar-refractivity contribution is -0.147. The highest BCUT2D eigenvalue weighted by atomic mass is 16.5. The fourth-order valence-corrected chi connectivity index (χ4v) is 0.825. The molecule has 0 aliphatic heterocycles. The van der Waals surface area contributed by atoms with E-state index < -0.39 is 0 Å². The maximum atomic E-state index is 11.0. The highest BCUT2D eigenvalue weighted by Crippen LogP contribution is 2.00. The molecule has 13 heavy (non-hydrogen) atoms. The lowest BCUT2D eigenvalue weighted by Crippen LogP contribution is -2.11. The number of hydrogen-bond donors (Lipinski definition) is 0. The SMILES string of the molecule is CC(C)OC(=O)CCCCOC=O. The molecular formula is C9H16O4. The van der Waals surface area contributed by atoms with Crippen molar-refractivity contribution >= 4 is 12.4 Å². The van der Waals surface area contributed by atoms with Gasteiger partial charge in [-0.2, -0.15) is 0 Å². The summed E-state index contributed by atoms with van der Waals surface area (Å²) < 4.78 is 9.37. The van der Waals surface area contributed by atoms with Gasteiger partial charge in [0, 0.05) is 6.42 Å². The van der Waals surface area contributed by atoms with Gasteiger partial charge in [0.15, 0.2) is 0 Å². The Morgan fingerprint density at radius 3 is 2.62 bits per heavy atom. The fourth-order valence-electron chi connectivity index (χ4n) is 0.825. The average molecular weight is 188 g/mol. The summed E-state index contributed by atoms with van der Waals surface area (Å²) in [6.07, 6.45) is 1.73. The third-order valence-corrected chi connectivity index (χ3v) is 1.33. The quantitative estimate of drug-likeness (QED) is 0.343. The molecule has 0 radical (unpaired) electrons. The lowest BCUT2D eigenvalue weighted by atomic mass is 10.2. The Labute approximate surface area is 78.2 Å². The Morgan fingerprint density at radius 2 is 2.08 bits per heavy atom. The predicted molar refractivity (Wildman–Crippen MR) is 47.1 cm³/mol. The van der Waals surface area contributed by atoms with Crippen LogP contribution in [0.15, 0.2) is 0 Å². The number of rotatable bonds is 7. The highest BCUT2D eigenvalue weighted by molar-refractivity contribution is 5.69. The Balaban J connectivity index is 3.22. The number of carbonyl (C=O) groups is 2. The van der Waals surface area contributed by atoms with E-state index >= 15 is 0 Å². The zero-order valence-corrected chi connectivity index (χ0v) is 8.12. The third-order valence-electron chi connectivity index (χ3n) is 1.33. The molecule has 0 atom stereocenters. The summed E-state index contributed by atoms with van der Waals surface area (Å²) in [5.41, 5.74) is 0. The van der Waals surface area contributed by atoms with Crippen LogP contribution in [0.25, 0.3) is 0 Å². The first kappa shape index (κ1) is 11.9. The van der Waals surface area contributed by atoms with E-state index in [0.717, 1.165) is 0 Å². The molecule has 0 aromatic heterocycles. The Bertz CT molecular complexity index is 154. The molecule has 0 rings (SSSR count). The molecule has 0 fully saturated rings. The molecule has 0 bridgehead atoms. The van der Waals surface area contributed by atoms with Crippen LogP contribution in [-0.4, -0.2) is 25.2 Å². The molecule has 0 N–H and O–H groups in total. The molecule has 0 aromatic carbocycles. The predicted octanol–water partition coefficient (Wildman–Crippen LogP) is 1.28. The van der Waals surface area contributed by atoms with Gasteiger partial charge in [-0.25, -0.2) is 0 Å². The number of carbonyl (C=O) groups excluding carboxylic acids is 2. The number of unbranched alkanes of at least 4 members (excludes halogenated alkanes) is 1. The van der Waals surface area contributed by atoms with E-state index in [-0.39, 0.29) is 12.1 Å². The van der Waals surface area contributed by atoms with Gasteiger partial charge < -0.3 is 9.47 Å². The monoisotopic (exact) mass is 188 g/mol. The van der Waals surface area contributed by atoms with Crippen molar-refractivity contribution in [3.05, 3.63) is 0 Å². The van der Waals surface area contributed by atoms with E-state index in [0.29, 0.717) is 32.3 Å². The van der Waals surface area contributed by atoms with Crippen molar-refractivity contribution in [3.8, 4) is 0 Å². The van der Waals surface area contributed by atoms with Crippen LogP contribution in [0.3, 0.4) is 0 Å². The zero-order chi connectivity index (χ0) is 10.1. The normalized spacial score (nSPS) is 9.77. The summed E-state index contributed by atoms with van der Waals surface area (Å²) >= 11 is 0. The molecule has 4 nitrogen and oxygen atoms in total. The van der Waals surface area contributed by atoms with Gasteiger partial charge in [-0.15, -0.1) is 0 Å². The van der Waals surface area contributed by atoms with E-state index in [4.69, 9.17) is 4.74 Å². The second-order valence-electron chi connectivity index (χ2n) is 2.96. The maximum absolute atomic E-state index is 11.0. The summed E-state index contributed by atoms with van der Waals surface area (Å²) in [5.74, 6) is -0.193. The molecule has 0 saturated carbocycles. The van der Waals surface area contributed by atoms with Crippen LogP contribution in [0.1, 0.15) is 33.1 Å². The minimum absolute atomic E-state index is 0.0567. The van der Waals surface area contributed by atoms with Crippen molar-refractivity contribution in [2.75, 3.05) is 6.61 Å². The summed E-state index contributed by atoms with van der Waals surface area (Å²) in [6, 6.07) is 0. The second kappa shape index (κ2) is 7.58. The molecule has 0 aliphatic carbocycles. The summed E-state index contributed by atoms with van der Waals surface area (Å²) in [6.45, 7) is 4.41. The van der Waals surface area contributed by atoms with Crippen LogP contribution < -0.4 is 0 Å². The molecule has 0 unspecified atom stereocenters. The number of hydrogen-bond acceptors (Lipinski definition) is 4. The molecule has 0 heterocycles. The van der Waals surface area contributed by atoms with Crippen LogP contribution in [0.5, 0.6) is 0 Å². The van der Waals surface area contributed by atoms with E-state index in [2.05, 4.69) is 4.74 Å². The Kier molecular flexibility index (Phi) is 6.96. The molecule has 4 heteroatoms. The molecule has 0 spiro atoms. The Hall–Kier alpha value is -1.06. The third kappa shape index (κ3) is 8.85. The Morgan fingerprint density at radius 1 is 1.38 bits per heavy atom. The van der Waals surface area contributed by atoms with Gasteiger partial charge in [-0.3, -0.25) is 9.59 Å². The van der Waals surface area contributed by atoms with Gasteiger partial charge in [0.05, 0.1) is 12.7 Å². The fraction of sp³-hybridized carbons (Fsp3) is 0.778. The van der Waals surface area contributed by atoms with Crippen LogP contribution in [0, 0.1) is 0 Å². The van der Waals surface area contributed by atoms with Crippen molar-refractivity contribution < 1.29 is 19.1 Å². The first-order chi connectivity index (χ1) is 6.16. The summed E-state index contributed by atoms with van der Waals surface area (Å²) in [7, 11) is 0. The topological polar surface area (TPSA) is 52.6 Å². The van der Waals surface area contributed by atoms with E-state index in [1.165, 1.54) is 0 Å². The van der Waals surface area contributed by atoms with Gasteiger partial charge in [0.2, 0.25) is 0 Å². The summed E-state index contributed by atoms with van der Waals surface area (Å²) in [5, 5.41) is 0. The molecule has 0 aliphatic rings. The molecule has 0 amide bonds. The standard InChI is InChI=1S/C9H16O4/c1-8(2)13-9(11)5-3-4-6-12-7-10/h7-8H,3-6H2,1-2H3. The van der Waals surface area contributed by atoms with Crippen molar-refractivity contribution in [3.63, 3.8) is 0 Å². The van der Waals surface area contributed by atoms with Crippen molar-refractivity contribution in [1.82, 2.24) is 0 Å². The van der Waals surface area contributed by atoms with Crippen LogP contribution in [0.4, 0.5) is 0 Å². The van der Waals surface area contributed by atoms with Crippen molar-refractivity contribution in [2.24, 2.45) is 0 Å². The van der Waals surface area contributed by atoms with Crippen LogP contribution in [-0.2, 0) is 19.1 Å². The maximum Gasteiger partial charge on any atom is 0.306 e. The minimum Gasteiger partial charge on any atom is -0.468 e. The van der Waals surface area contributed by atoms with E-state index in [9.17, 15) is 9.59 Å². The molecule has 0 aromatic rings. The van der Waals surface area contributed by atoms with Crippen LogP contribution >= 0.6 is 0 Å². The number of esters is 1. The highest BCUT2D eigenvalue weighted by Gasteiger charge is 2.04. The van der Waals surface area contributed by atoms with Gasteiger partial charge in [0.1, 0.15) is 0 Å². The van der Waals surface area contributed by atoms with E-state index in [1.54, 1.807) is 0 Å². The van der Waals surface area contributed by atoms with E-state index in [1.807, 2.05) is 13.8 Å². The average Bonchev–Trinajstić information content (AvgIpc) is 2.02. The van der Waals surface area contributed by atoms with Gasteiger partial charge in [0.25, 0.3) is 6.47 Å². The van der Waals surface area contributed by atoms with Crippen molar-refractivity contribution in [1.29, 1.82) is 0 Å². The smallest absolute Gasteiger partial charge is 0.306 e. The minimum atomic E-state index is -0.193. The van der Waals surface area contributed by atoms with Gasteiger partial charge in [-0.1, -0.05) is 0 Å².